The second kappa shape index (κ2) is 2.28. The summed E-state index contributed by atoms with van der Waals surface area (Å²) in [5, 5.41) is 12.9. The third-order valence-electron chi connectivity index (χ3n) is 1.24. The van der Waals surface area contributed by atoms with E-state index in [1.807, 2.05) is 0 Å². The molecule has 0 spiro atoms. The molecule has 1 aliphatic rings. The fourth-order valence-corrected chi connectivity index (χ4v) is 0.737. The second-order valence-corrected chi connectivity index (χ2v) is 1.90. The Morgan fingerprint density at radius 2 is 1.86 bits per heavy atom. The Morgan fingerprint density at radius 1 is 1.29 bits per heavy atom. The summed E-state index contributed by atoms with van der Waals surface area (Å²) in [7, 11) is 0. The number of hydrogen-bond acceptors (Lipinski definition) is 1. The molecule has 0 saturated carbocycles. The van der Waals surface area contributed by atoms with Gasteiger partial charge in [0.2, 0.25) is 0 Å². The molecule has 7 heavy (non-hydrogen) atoms. The number of piperidine rings is 1. The van der Waals surface area contributed by atoms with Gasteiger partial charge in [0.25, 0.3) is 0 Å². The van der Waals surface area contributed by atoms with E-state index in [9.17, 15) is 0 Å². The Kier molecular flexibility index (Phi) is 1.65. The summed E-state index contributed by atoms with van der Waals surface area (Å²) >= 11 is 0. The summed E-state index contributed by atoms with van der Waals surface area (Å²) in [4.78, 5) is 0. The summed E-state index contributed by atoms with van der Waals surface area (Å²) in [5.74, 6) is 0. The first-order valence-electron chi connectivity index (χ1n) is 2.71. The molecule has 2 nitrogen and oxygen atoms in total. The van der Waals surface area contributed by atoms with Crippen LogP contribution in [0.5, 0.6) is 0 Å². The van der Waals surface area contributed by atoms with Gasteiger partial charge in [-0.2, -0.15) is 0 Å². The molecule has 0 radical (unpaired) electrons. The van der Waals surface area contributed by atoms with Crippen LogP contribution in [0.1, 0.15) is 12.8 Å². The Hall–Kier alpha value is -0.0800. The molecule has 0 amide bonds. The first-order valence-corrected chi connectivity index (χ1v) is 2.71. The first-order chi connectivity index (χ1) is 3.39. The third-order valence-corrected chi connectivity index (χ3v) is 1.24. The molecule has 0 aromatic carbocycles. The molecule has 1 N–H and O–H groups in total. The highest BCUT2D eigenvalue weighted by molar-refractivity contribution is 4.86. The quantitative estimate of drug-likeness (QED) is 0.473. The van der Waals surface area contributed by atoms with Gasteiger partial charge in [0.1, 0.15) is 0 Å². The molecule has 1 rings (SSSR count). The first kappa shape index (κ1) is 5.06. The average molecular weight is 100 g/mol. The van der Waals surface area contributed by atoms with Crippen molar-refractivity contribution in [3.05, 3.63) is 5.32 Å². The highest BCUT2D eigenvalue weighted by Gasteiger charge is 1.99. The maximum Gasteiger partial charge on any atom is 0.0507 e. The molecule has 1 saturated heterocycles. The fraction of sp³-hybridized carbons (Fsp3) is 1.00. The normalized spacial score (nSPS) is 25.3. The van der Waals surface area contributed by atoms with Crippen molar-refractivity contribution in [1.29, 1.82) is 0 Å². The van der Waals surface area contributed by atoms with Gasteiger partial charge in [-0.05, 0) is 12.8 Å². The van der Waals surface area contributed by atoms with Crippen LogP contribution in [0, 0.1) is 0 Å². The second-order valence-electron chi connectivity index (χ2n) is 1.90. The zero-order valence-electron chi connectivity index (χ0n) is 4.30. The van der Waals surface area contributed by atoms with Crippen LogP contribution in [0.4, 0.5) is 0 Å². The lowest BCUT2D eigenvalue weighted by molar-refractivity contribution is 0.155. The van der Waals surface area contributed by atoms with E-state index < -0.39 is 0 Å². The van der Waals surface area contributed by atoms with Crippen LogP contribution < -0.4 is 0 Å². The Bertz CT molecular complexity index is 50.0. The van der Waals surface area contributed by atoms with Gasteiger partial charge in [-0.15, -0.1) is 13.1 Å². The summed E-state index contributed by atoms with van der Waals surface area (Å²) < 4.78 is 0. The lowest BCUT2D eigenvalue weighted by Crippen LogP contribution is -2.15. The standard InChI is InChI=1S/C5H10NO/c7-5-1-3-6-4-2-5/h5,7H,1-4H2/q-1. The number of aliphatic hydroxyl groups excluding tert-OH is 1. The molecule has 0 atom stereocenters. The van der Waals surface area contributed by atoms with Gasteiger partial charge in [0, 0.05) is 0 Å². The highest BCUT2D eigenvalue weighted by Crippen LogP contribution is 2.08. The van der Waals surface area contributed by atoms with Crippen LogP contribution in [0.3, 0.4) is 0 Å². The van der Waals surface area contributed by atoms with E-state index in [0.717, 1.165) is 25.9 Å². The smallest absolute Gasteiger partial charge is 0.0507 e. The van der Waals surface area contributed by atoms with Crippen molar-refractivity contribution in [2.45, 2.75) is 18.9 Å². The minimum absolute atomic E-state index is 0.0579. The van der Waals surface area contributed by atoms with Gasteiger partial charge in [0.05, 0.1) is 6.10 Å². The van der Waals surface area contributed by atoms with E-state index in [4.69, 9.17) is 5.11 Å². The number of hydrogen-bond donors (Lipinski definition) is 1. The lowest BCUT2D eigenvalue weighted by atomic mass is 10.1. The van der Waals surface area contributed by atoms with Gasteiger partial charge in [-0.25, -0.2) is 0 Å². The van der Waals surface area contributed by atoms with Crippen molar-refractivity contribution in [3.63, 3.8) is 0 Å². The van der Waals surface area contributed by atoms with E-state index in [1.54, 1.807) is 0 Å². The van der Waals surface area contributed by atoms with E-state index in [1.165, 1.54) is 0 Å². The molecule has 2 heteroatoms. The average Bonchev–Trinajstić information content (AvgIpc) is 1.69. The fourth-order valence-electron chi connectivity index (χ4n) is 0.737. The van der Waals surface area contributed by atoms with Gasteiger partial charge in [-0.3, -0.25) is 0 Å². The minimum Gasteiger partial charge on any atom is -0.662 e. The summed E-state index contributed by atoms with van der Waals surface area (Å²) in [6, 6.07) is 0. The maximum absolute atomic E-state index is 8.85. The molecule has 0 aromatic heterocycles. The molecule has 1 aliphatic heterocycles. The van der Waals surface area contributed by atoms with Crippen molar-refractivity contribution in [1.82, 2.24) is 0 Å². The predicted molar refractivity (Wildman–Crippen MR) is 28.3 cm³/mol. The van der Waals surface area contributed by atoms with Crippen LogP contribution >= 0.6 is 0 Å². The van der Waals surface area contributed by atoms with Crippen LogP contribution in [0.15, 0.2) is 0 Å². The zero-order chi connectivity index (χ0) is 5.11. The van der Waals surface area contributed by atoms with Crippen molar-refractivity contribution in [2.75, 3.05) is 13.1 Å². The molecule has 0 unspecified atom stereocenters. The lowest BCUT2D eigenvalue weighted by Gasteiger charge is -2.28. The largest absolute Gasteiger partial charge is 0.662 e. The van der Waals surface area contributed by atoms with Crippen LogP contribution in [-0.4, -0.2) is 24.3 Å². The van der Waals surface area contributed by atoms with Gasteiger partial charge in [0.15, 0.2) is 0 Å². The van der Waals surface area contributed by atoms with E-state index >= 15 is 0 Å². The van der Waals surface area contributed by atoms with Crippen LogP contribution in [0.2, 0.25) is 0 Å². The highest BCUT2D eigenvalue weighted by atomic mass is 16.3. The summed E-state index contributed by atoms with van der Waals surface area (Å²) in [6.45, 7) is 1.72. The van der Waals surface area contributed by atoms with E-state index in [0.29, 0.717) is 0 Å². The van der Waals surface area contributed by atoms with E-state index in [-0.39, 0.29) is 6.10 Å². The summed E-state index contributed by atoms with van der Waals surface area (Å²) in [6.07, 6.45) is 1.69. The van der Waals surface area contributed by atoms with Crippen molar-refractivity contribution in [3.8, 4) is 0 Å². The molecular formula is C5H10NO-. The molecule has 1 heterocycles. The molecule has 0 aliphatic carbocycles. The molecule has 42 valence electrons. The molecule has 1 fully saturated rings. The number of rotatable bonds is 0. The summed E-state index contributed by atoms with van der Waals surface area (Å²) in [5.41, 5.74) is 0. The SMILES string of the molecule is OC1CC[N-]CC1. The predicted octanol–water partition coefficient (Wildman–Crippen LogP) is 0.515. The maximum atomic E-state index is 8.85. The van der Waals surface area contributed by atoms with Crippen molar-refractivity contribution >= 4 is 0 Å². The van der Waals surface area contributed by atoms with Gasteiger partial charge in [-0.1, -0.05) is 0 Å². The molecule has 0 bridgehead atoms. The Labute approximate surface area is 43.5 Å². The molecular weight excluding hydrogens is 90.1 g/mol. The van der Waals surface area contributed by atoms with Crippen molar-refractivity contribution in [2.24, 2.45) is 0 Å². The zero-order valence-corrected chi connectivity index (χ0v) is 4.30. The topological polar surface area (TPSA) is 34.3 Å². The van der Waals surface area contributed by atoms with Crippen LogP contribution in [-0.2, 0) is 0 Å². The van der Waals surface area contributed by atoms with Gasteiger partial charge < -0.3 is 10.4 Å². The number of nitrogens with zero attached hydrogens (tertiary/aromatic N) is 1. The van der Waals surface area contributed by atoms with Crippen LogP contribution in [0.25, 0.3) is 5.32 Å². The number of aliphatic hydroxyl groups is 1. The Balaban J connectivity index is 2.12. The Morgan fingerprint density at radius 3 is 2.14 bits per heavy atom. The van der Waals surface area contributed by atoms with Gasteiger partial charge >= 0.3 is 0 Å². The van der Waals surface area contributed by atoms with Crippen molar-refractivity contribution < 1.29 is 5.11 Å². The minimum atomic E-state index is -0.0579. The molecule has 0 aromatic rings. The monoisotopic (exact) mass is 100 g/mol. The third kappa shape index (κ3) is 1.45. The van der Waals surface area contributed by atoms with E-state index in [2.05, 4.69) is 5.32 Å².